The van der Waals surface area contributed by atoms with E-state index in [1.54, 1.807) is 6.07 Å². The minimum atomic E-state index is -4.79. The van der Waals surface area contributed by atoms with Gasteiger partial charge in [-0.15, -0.1) is 28.5 Å². The molecule has 12 heteroatoms. The van der Waals surface area contributed by atoms with E-state index in [-0.39, 0.29) is 12.2 Å². The molecule has 0 fully saturated rings. The maximum Gasteiger partial charge on any atom is 0.573 e. The summed E-state index contributed by atoms with van der Waals surface area (Å²) in [6.07, 6.45) is -0.877. The van der Waals surface area contributed by atoms with Crippen LogP contribution < -0.4 is 10.1 Å². The van der Waals surface area contributed by atoms with Crippen molar-refractivity contribution in [2.24, 2.45) is 0 Å². The number of unbranched alkanes of at least 4 members (excludes halogenated alkanes) is 1. The predicted octanol–water partition coefficient (Wildman–Crippen LogP) is 6.05. The lowest BCUT2D eigenvalue weighted by Gasteiger charge is -2.09. The molecule has 206 valence electrons. The maximum absolute atomic E-state index is 12.4. The molecule has 3 aromatic heterocycles. The Kier molecular flexibility index (Phi) is 8.34. The van der Waals surface area contributed by atoms with Gasteiger partial charge in [-0.05, 0) is 54.7 Å². The summed E-state index contributed by atoms with van der Waals surface area (Å²) >= 11 is 1.27. The molecule has 0 aliphatic carbocycles. The summed E-state index contributed by atoms with van der Waals surface area (Å²) < 4.78 is 41.2. The molecular weight excluding hydrogens is 541 g/mol. The van der Waals surface area contributed by atoms with Crippen molar-refractivity contribution in [1.82, 2.24) is 25.4 Å². The minimum Gasteiger partial charge on any atom is -0.406 e. The first-order valence-corrected chi connectivity index (χ1v) is 13.5. The Hall–Kier alpha value is -4.32. The van der Waals surface area contributed by atoms with Crippen LogP contribution in [0.5, 0.6) is 5.75 Å². The molecule has 5 aromatic rings. The molecule has 0 spiro atoms. The number of aromatic nitrogens is 5. The van der Waals surface area contributed by atoms with E-state index < -0.39 is 12.3 Å². The van der Waals surface area contributed by atoms with Crippen LogP contribution in [-0.2, 0) is 30.5 Å². The van der Waals surface area contributed by atoms with Crippen LogP contribution in [0.2, 0.25) is 0 Å². The molecule has 2 aromatic carbocycles. The minimum absolute atomic E-state index is 0.121. The van der Waals surface area contributed by atoms with Crippen LogP contribution in [0.4, 0.5) is 18.3 Å². The number of hydrogen-bond acceptors (Lipinski definition) is 7. The number of ether oxygens (including phenoxy) is 1. The number of alkyl halides is 3. The second-order valence-electron chi connectivity index (χ2n) is 9.22. The highest BCUT2D eigenvalue weighted by Gasteiger charge is 2.31. The molecule has 0 saturated carbocycles. The maximum atomic E-state index is 12.4. The van der Waals surface area contributed by atoms with E-state index in [0.29, 0.717) is 17.1 Å². The Morgan fingerprint density at radius 1 is 0.900 bits per heavy atom. The number of benzene rings is 2. The van der Waals surface area contributed by atoms with Crippen LogP contribution in [0.3, 0.4) is 0 Å². The zero-order valence-electron chi connectivity index (χ0n) is 21.2. The standard InChI is InChI=1S/C28H25F3N6O2S/c29-28(30,31)39-23-11-6-9-19(14-23)15-24(38)33-27-37-35-25(40-27)12-5-4-10-21-16-20-17-22(32-26(20)36-34-21)13-18-7-2-1-3-8-18/h1-3,6-9,11,14,16-17H,4-5,10,12-13,15H2,(H,32,36)(H,33,37,38). The number of halogens is 3. The topological polar surface area (TPSA) is 106 Å². The van der Waals surface area contributed by atoms with Crippen LogP contribution in [0.15, 0.2) is 66.7 Å². The molecule has 0 atom stereocenters. The highest BCUT2D eigenvalue weighted by molar-refractivity contribution is 7.15. The van der Waals surface area contributed by atoms with Crippen LogP contribution in [-0.4, -0.2) is 37.6 Å². The molecule has 0 aliphatic rings. The number of hydrogen-bond donors (Lipinski definition) is 2. The summed E-state index contributed by atoms with van der Waals surface area (Å²) in [4.78, 5) is 15.7. The van der Waals surface area contributed by atoms with Crippen molar-refractivity contribution in [2.75, 3.05) is 5.32 Å². The third-order valence-corrected chi connectivity index (χ3v) is 6.90. The summed E-state index contributed by atoms with van der Waals surface area (Å²) in [5.41, 5.74) is 4.41. The molecule has 0 bridgehead atoms. The summed E-state index contributed by atoms with van der Waals surface area (Å²) in [6, 6.07) is 19.7. The van der Waals surface area contributed by atoms with Crippen molar-refractivity contribution in [1.29, 1.82) is 0 Å². The molecule has 40 heavy (non-hydrogen) atoms. The number of nitrogens with one attached hydrogen (secondary N) is 2. The van der Waals surface area contributed by atoms with Gasteiger partial charge in [0.25, 0.3) is 0 Å². The summed E-state index contributed by atoms with van der Waals surface area (Å²) in [5.74, 6) is -0.777. The van der Waals surface area contributed by atoms with E-state index in [2.05, 4.69) is 59.7 Å². The molecule has 1 amide bonds. The first-order valence-electron chi connectivity index (χ1n) is 12.6. The van der Waals surface area contributed by atoms with E-state index in [1.165, 1.54) is 35.1 Å². The number of aromatic amines is 1. The van der Waals surface area contributed by atoms with Gasteiger partial charge in [0.2, 0.25) is 11.0 Å². The number of fused-ring (bicyclic) bond motifs is 1. The van der Waals surface area contributed by atoms with E-state index in [0.717, 1.165) is 53.1 Å². The second-order valence-corrected chi connectivity index (χ2v) is 10.3. The molecule has 0 aliphatic heterocycles. The van der Waals surface area contributed by atoms with Gasteiger partial charge in [-0.1, -0.05) is 53.8 Å². The van der Waals surface area contributed by atoms with Gasteiger partial charge >= 0.3 is 6.36 Å². The Morgan fingerprint density at radius 3 is 2.52 bits per heavy atom. The number of amides is 1. The fourth-order valence-corrected chi connectivity index (χ4v) is 5.05. The Labute approximate surface area is 231 Å². The molecule has 2 N–H and O–H groups in total. The third-order valence-electron chi connectivity index (χ3n) is 6.00. The van der Waals surface area contributed by atoms with Crippen LogP contribution in [0.1, 0.15) is 40.4 Å². The van der Waals surface area contributed by atoms with Crippen molar-refractivity contribution in [3.63, 3.8) is 0 Å². The fraction of sp³-hybridized carbons (Fsp3) is 0.250. The molecule has 3 heterocycles. The SMILES string of the molecule is O=C(Cc1cccc(OC(F)(F)F)c1)Nc1nnc(CCCCc2cc3cc(Cc4ccccc4)[nH]c3nn2)s1. The van der Waals surface area contributed by atoms with E-state index in [1.807, 2.05) is 18.2 Å². The average Bonchev–Trinajstić information content (AvgIpc) is 3.52. The number of rotatable bonds is 11. The van der Waals surface area contributed by atoms with Crippen molar-refractivity contribution in [3.8, 4) is 5.75 Å². The zero-order chi connectivity index (χ0) is 28.0. The molecule has 5 rings (SSSR count). The van der Waals surface area contributed by atoms with Gasteiger partial charge in [-0.3, -0.25) is 4.79 Å². The third kappa shape index (κ3) is 7.85. The molecule has 0 unspecified atom stereocenters. The largest absolute Gasteiger partial charge is 0.573 e. The van der Waals surface area contributed by atoms with Gasteiger partial charge in [-0.25, -0.2) is 0 Å². The van der Waals surface area contributed by atoms with Crippen molar-refractivity contribution >= 4 is 33.4 Å². The predicted molar refractivity (Wildman–Crippen MR) is 145 cm³/mol. The van der Waals surface area contributed by atoms with Crippen molar-refractivity contribution < 1.29 is 22.7 Å². The lowest BCUT2D eigenvalue weighted by molar-refractivity contribution is -0.274. The summed E-state index contributed by atoms with van der Waals surface area (Å²) in [7, 11) is 0. The lowest BCUT2D eigenvalue weighted by Crippen LogP contribution is -2.17. The highest BCUT2D eigenvalue weighted by Crippen LogP contribution is 2.24. The average molecular weight is 567 g/mol. The smallest absolute Gasteiger partial charge is 0.406 e. The first kappa shape index (κ1) is 27.3. The molecular formula is C28H25F3N6O2S. The van der Waals surface area contributed by atoms with Crippen LogP contribution >= 0.6 is 11.3 Å². The lowest BCUT2D eigenvalue weighted by atomic mass is 10.1. The first-order chi connectivity index (χ1) is 19.3. The number of anilines is 1. The Balaban J connectivity index is 1.06. The van der Waals surface area contributed by atoms with Crippen molar-refractivity contribution in [3.05, 3.63) is 94.3 Å². The number of aryl methyl sites for hydroxylation is 2. The summed E-state index contributed by atoms with van der Waals surface area (Å²) in [5, 5.41) is 21.6. The van der Waals surface area contributed by atoms with Crippen LogP contribution in [0, 0.1) is 0 Å². The number of nitrogens with zero attached hydrogens (tertiary/aromatic N) is 4. The molecule has 0 radical (unpaired) electrons. The van der Waals surface area contributed by atoms with Gasteiger partial charge in [0.1, 0.15) is 10.8 Å². The Morgan fingerprint density at radius 2 is 1.70 bits per heavy atom. The monoisotopic (exact) mass is 566 g/mol. The van der Waals surface area contributed by atoms with E-state index in [9.17, 15) is 18.0 Å². The van der Waals surface area contributed by atoms with Gasteiger partial charge in [0, 0.05) is 23.9 Å². The van der Waals surface area contributed by atoms with E-state index in [4.69, 9.17) is 0 Å². The van der Waals surface area contributed by atoms with Gasteiger partial charge in [-0.2, -0.15) is 5.10 Å². The number of H-pyrrole nitrogens is 1. The van der Waals surface area contributed by atoms with E-state index >= 15 is 0 Å². The zero-order valence-corrected chi connectivity index (χ0v) is 22.1. The fourth-order valence-electron chi connectivity index (χ4n) is 4.25. The molecule has 8 nitrogen and oxygen atoms in total. The number of carbonyl (C=O) groups is 1. The molecule has 0 saturated heterocycles. The van der Waals surface area contributed by atoms with Gasteiger partial charge in [0.05, 0.1) is 12.1 Å². The van der Waals surface area contributed by atoms with Gasteiger partial charge in [0.15, 0.2) is 5.65 Å². The van der Waals surface area contributed by atoms with Gasteiger partial charge < -0.3 is 15.0 Å². The normalized spacial score (nSPS) is 11.6. The highest BCUT2D eigenvalue weighted by atomic mass is 32.1. The van der Waals surface area contributed by atoms with Crippen LogP contribution in [0.25, 0.3) is 11.0 Å². The van der Waals surface area contributed by atoms with Crippen molar-refractivity contribution in [2.45, 2.75) is 44.9 Å². The quantitative estimate of drug-likeness (QED) is 0.189. The Bertz CT molecular complexity index is 1590. The second kappa shape index (κ2) is 12.2. The summed E-state index contributed by atoms with van der Waals surface area (Å²) in [6.45, 7) is 0. The number of carbonyl (C=O) groups excluding carboxylic acids is 1.